The Labute approximate surface area is 92.8 Å². The van der Waals surface area contributed by atoms with E-state index >= 15 is 0 Å². The van der Waals surface area contributed by atoms with Gasteiger partial charge in [0.15, 0.2) is 0 Å². The van der Waals surface area contributed by atoms with Crippen LogP contribution in [0.3, 0.4) is 0 Å². The largest absolute Gasteiger partial charge is 0.396 e. The number of aliphatic hydroxyl groups is 1. The lowest BCUT2D eigenvalue weighted by molar-refractivity contribution is 0.201. The molecule has 0 bridgehead atoms. The lowest BCUT2D eigenvalue weighted by Crippen LogP contribution is -2.46. The molecule has 1 aliphatic heterocycles. The van der Waals surface area contributed by atoms with Crippen molar-refractivity contribution in [2.75, 3.05) is 26.7 Å². The van der Waals surface area contributed by atoms with Crippen LogP contribution in [0.4, 0.5) is 0 Å². The van der Waals surface area contributed by atoms with Crippen LogP contribution in [0.5, 0.6) is 0 Å². The molecular weight excluding hydrogens is 188 g/mol. The highest BCUT2D eigenvalue weighted by atomic mass is 16.3. The van der Waals surface area contributed by atoms with E-state index in [1.165, 1.54) is 38.8 Å². The minimum Gasteiger partial charge on any atom is -0.396 e. The first-order valence-corrected chi connectivity index (χ1v) is 6.35. The number of likely N-dealkylation sites (tertiary alicyclic amines) is 1. The molecule has 0 amide bonds. The summed E-state index contributed by atoms with van der Waals surface area (Å²) in [4.78, 5) is 2.40. The van der Waals surface area contributed by atoms with Gasteiger partial charge >= 0.3 is 0 Å². The first kappa shape index (κ1) is 11.4. The molecule has 15 heavy (non-hydrogen) atoms. The molecule has 0 aromatic rings. The van der Waals surface area contributed by atoms with Crippen molar-refractivity contribution in [3.8, 4) is 0 Å². The van der Waals surface area contributed by atoms with E-state index in [1.807, 2.05) is 0 Å². The van der Waals surface area contributed by atoms with Gasteiger partial charge in [0.1, 0.15) is 0 Å². The molecule has 1 atom stereocenters. The highest BCUT2D eigenvalue weighted by Crippen LogP contribution is 2.34. The fourth-order valence-corrected chi connectivity index (χ4v) is 2.57. The molecule has 1 heterocycles. The van der Waals surface area contributed by atoms with E-state index in [4.69, 9.17) is 5.11 Å². The van der Waals surface area contributed by atoms with Crippen molar-refractivity contribution in [1.82, 2.24) is 10.2 Å². The Morgan fingerprint density at radius 1 is 1.27 bits per heavy atom. The van der Waals surface area contributed by atoms with E-state index in [0.29, 0.717) is 18.7 Å². The maximum Gasteiger partial charge on any atom is 0.0445 e. The van der Waals surface area contributed by atoms with Crippen molar-refractivity contribution in [2.24, 2.45) is 5.92 Å². The monoisotopic (exact) mass is 212 g/mol. The fraction of sp³-hybridized carbons (Fsp3) is 1.00. The van der Waals surface area contributed by atoms with Gasteiger partial charge in [0, 0.05) is 18.7 Å². The molecule has 1 saturated carbocycles. The van der Waals surface area contributed by atoms with Crippen molar-refractivity contribution >= 4 is 0 Å². The average molecular weight is 212 g/mol. The first-order chi connectivity index (χ1) is 7.29. The molecule has 0 spiro atoms. The third kappa shape index (κ3) is 3.44. The molecule has 0 aromatic heterocycles. The molecule has 2 aliphatic rings. The van der Waals surface area contributed by atoms with E-state index in [0.717, 1.165) is 12.3 Å². The Hall–Kier alpha value is -0.120. The molecule has 1 unspecified atom stereocenters. The normalized spacial score (nSPS) is 26.8. The van der Waals surface area contributed by atoms with Crippen LogP contribution >= 0.6 is 0 Å². The number of piperidine rings is 1. The van der Waals surface area contributed by atoms with E-state index in [-0.39, 0.29) is 0 Å². The van der Waals surface area contributed by atoms with E-state index in [9.17, 15) is 0 Å². The fourth-order valence-electron chi connectivity index (χ4n) is 2.57. The molecule has 0 radical (unpaired) electrons. The Morgan fingerprint density at radius 2 is 1.93 bits per heavy atom. The molecule has 2 rings (SSSR count). The van der Waals surface area contributed by atoms with Gasteiger partial charge in [-0.15, -0.1) is 0 Å². The number of hydrogen-bond acceptors (Lipinski definition) is 3. The number of hydrogen-bond donors (Lipinski definition) is 2. The summed E-state index contributed by atoms with van der Waals surface area (Å²) in [5.74, 6) is 0.858. The third-order valence-electron chi connectivity index (χ3n) is 3.80. The molecule has 3 nitrogen and oxygen atoms in total. The highest BCUT2D eigenvalue weighted by Gasteiger charge is 2.32. The van der Waals surface area contributed by atoms with Crippen molar-refractivity contribution in [1.29, 1.82) is 0 Å². The predicted molar refractivity (Wildman–Crippen MR) is 61.9 cm³/mol. The van der Waals surface area contributed by atoms with Crippen LogP contribution in [-0.4, -0.2) is 48.8 Å². The van der Waals surface area contributed by atoms with E-state index < -0.39 is 0 Å². The van der Waals surface area contributed by atoms with E-state index in [1.54, 1.807) is 0 Å². The number of aliphatic hydroxyl groups excluding tert-OH is 1. The summed E-state index contributed by atoms with van der Waals surface area (Å²) in [6, 6.07) is 1.28. The maximum atomic E-state index is 9.04. The van der Waals surface area contributed by atoms with Crippen molar-refractivity contribution in [3.63, 3.8) is 0 Å². The summed E-state index contributed by atoms with van der Waals surface area (Å²) in [6.45, 7) is 2.77. The Bertz CT molecular complexity index is 186. The van der Waals surface area contributed by atoms with Gasteiger partial charge in [-0.1, -0.05) is 0 Å². The summed E-state index contributed by atoms with van der Waals surface area (Å²) in [7, 11) is 2.20. The minimum atomic E-state index is 0.334. The van der Waals surface area contributed by atoms with Crippen LogP contribution in [0, 0.1) is 5.92 Å². The van der Waals surface area contributed by atoms with Crippen LogP contribution in [0.25, 0.3) is 0 Å². The molecule has 0 aromatic carbocycles. The SMILES string of the molecule is CN1CCC(NC(CCO)C2CC2)CC1. The van der Waals surface area contributed by atoms with Gasteiger partial charge in [-0.25, -0.2) is 0 Å². The topological polar surface area (TPSA) is 35.5 Å². The van der Waals surface area contributed by atoms with Gasteiger partial charge in [0.05, 0.1) is 0 Å². The second-order valence-corrected chi connectivity index (χ2v) is 5.20. The number of rotatable bonds is 5. The van der Waals surface area contributed by atoms with Crippen LogP contribution < -0.4 is 5.32 Å². The number of nitrogens with zero attached hydrogens (tertiary/aromatic N) is 1. The molecule has 3 heteroatoms. The smallest absolute Gasteiger partial charge is 0.0445 e. The van der Waals surface area contributed by atoms with E-state index in [2.05, 4.69) is 17.3 Å². The molecule has 1 aliphatic carbocycles. The minimum absolute atomic E-state index is 0.334. The molecule has 1 saturated heterocycles. The predicted octanol–water partition coefficient (Wildman–Crippen LogP) is 0.831. The van der Waals surface area contributed by atoms with Gasteiger partial charge in [-0.05, 0) is 58.2 Å². The zero-order valence-corrected chi connectivity index (χ0v) is 9.78. The summed E-state index contributed by atoms with van der Waals surface area (Å²) in [5, 5.41) is 12.8. The number of nitrogens with one attached hydrogen (secondary N) is 1. The lowest BCUT2D eigenvalue weighted by atomic mass is 10.0. The average Bonchev–Trinajstić information content (AvgIpc) is 3.04. The standard InChI is InChI=1S/C12H24N2O/c1-14-7-4-11(5-8-14)13-12(6-9-15)10-2-3-10/h10-13,15H,2-9H2,1H3. The molecule has 2 fully saturated rings. The lowest BCUT2D eigenvalue weighted by Gasteiger charge is -2.32. The van der Waals surface area contributed by atoms with Gasteiger partial charge in [0.2, 0.25) is 0 Å². The molecular formula is C12H24N2O. The van der Waals surface area contributed by atoms with Gasteiger partial charge in [-0.3, -0.25) is 0 Å². The maximum absolute atomic E-state index is 9.04. The van der Waals surface area contributed by atoms with Gasteiger partial charge < -0.3 is 15.3 Å². The Morgan fingerprint density at radius 3 is 2.47 bits per heavy atom. The Balaban J connectivity index is 1.73. The Kier molecular flexibility index (Phi) is 4.00. The van der Waals surface area contributed by atoms with Crippen LogP contribution in [-0.2, 0) is 0 Å². The van der Waals surface area contributed by atoms with Gasteiger partial charge in [-0.2, -0.15) is 0 Å². The summed E-state index contributed by atoms with van der Waals surface area (Å²) < 4.78 is 0. The zero-order chi connectivity index (χ0) is 10.7. The highest BCUT2D eigenvalue weighted by molar-refractivity contribution is 4.89. The van der Waals surface area contributed by atoms with Crippen LogP contribution in [0.15, 0.2) is 0 Å². The van der Waals surface area contributed by atoms with Crippen LogP contribution in [0.2, 0.25) is 0 Å². The van der Waals surface area contributed by atoms with Crippen molar-refractivity contribution in [3.05, 3.63) is 0 Å². The van der Waals surface area contributed by atoms with Crippen LogP contribution in [0.1, 0.15) is 32.1 Å². The third-order valence-corrected chi connectivity index (χ3v) is 3.80. The quantitative estimate of drug-likeness (QED) is 0.708. The first-order valence-electron chi connectivity index (χ1n) is 6.35. The summed E-state index contributed by atoms with van der Waals surface area (Å²) >= 11 is 0. The van der Waals surface area contributed by atoms with Crippen molar-refractivity contribution in [2.45, 2.75) is 44.2 Å². The van der Waals surface area contributed by atoms with Crippen molar-refractivity contribution < 1.29 is 5.11 Å². The second kappa shape index (κ2) is 5.28. The van der Waals surface area contributed by atoms with Gasteiger partial charge in [0.25, 0.3) is 0 Å². The summed E-state index contributed by atoms with van der Waals surface area (Å²) in [5.41, 5.74) is 0. The molecule has 88 valence electrons. The summed E-state index contributed by atoms with van der Waals surface area (Å²) in [6.07, 6.45) is 6.21. The molecule has 2 N–H and O–H groups in total. The zero-order valence-electron chi connectivity index (χ0n) is 9.78. The second-order valence-electron chi connectivity index (χ2n) is 5.20.